The highest BCUT2D eigenvalue weighted by Crippen LogP contribution is 2.06. The second-order valence-electron chi connectivity index (χ2n) is 3.95. The first-order chi connectivity index (χ1) is 8.62. The topological polar surface area (TPSA) is 56.1 Å². The highest BCUT2D eigenvalue weighted by Gasteiger charge is 2.14. The summed E-state index contributed by atoms with van der Waals surface area (Å²) in [6, 6.07) is 1.82. The maximum absolute atomic E-state index is 12.0. The zero-order valence-electron chi connectivity index (χ0n) is 11.1. The number of carbonyl (C=O) groups is 1. The second kappa shape index (κ2) is 7.38. The molecule has 0 bridgehead atoms. The van der Waals surface area contributed by atoms with E-state index in [0.717, 1.165) is 12.1 Å². The third-order valence-electron chi connectivity index (χ3n) is 2.56. The number of hydrogen-bond donors (Lipinski definition) is 1. The number of halogens is 1. The zero-order chi connectivity index (χ0) is 13.5. The van der Waals surface area contributed by atoms with Crippen molar-refractivity contribution in [3.05, 3.63) is 17.5 Å². The lowest BCUT2D eigenvalue weighted by atomic mass is 10.3. The minimum absolute atomic E-state index is 0.147. The summed E-state index contributed by atoms with van der Waals surface area (Å²) in [7, 11) is 1.58. The molecule has 0 saturated heterocycles. The molecule has 0 spiro atoms. The van der Waals surface area contributed by atoms with Gasteiger partial charge in [-0.1, -0.05) is 6.92 Å². The average Bonchev–Trinajstić information content (AvgIpc) is 2.79. The first-order valence-electron chi connectivity index (χ1n) is 6.10. The Morgan fingerprint density at radius 3 is 2.89 bits per heavy atom. The molecule has 0 aromatic carbocycles. The lowest BCUT2D eigenvalue weighted by Crippen LogP contribution is -2.33. The maximum Gasteiger partial charge on any atom is 0.269 e. The van der Waals surface area contributed by atoms with E-state index in [0.29, 0.717) is 25.4 Å². The van der Waals surface area contributed by atoms with E-state index in [1.165, 1.54) is 0 Å². The number of aromatic nitrogens is 2. The van der Waals surface area contributed by atoms with E-state index in [1.54, 1.807) is 11.8 Å². The van der Waals surface area contributed by atoms with Crippen LogP contribution in [0.15, 0.2) is 6.07 Å². The van der Waals surface area contributed by atoms with Gasteiger partial charge in [-0.25, -0.2) is 0 Å². The largest absolute Gasteiger partial charge is 0.383 e. The second-order valence-corrected chi connectivity index (χ2v) is 4.57. The van der Waals surface area contributed by atoms with Crippen LogP contribution in [-0.2, 0) is 17.7 Å². The Kier molecular flexibility index (Phi) is 6.15. The van der Waals surface area contributed by atoms with Crippen LogP contribution in [0.4, 0.5) is 0 Å². The first-order valence-corrected chi connectivity index (χ1v) is 6.53. The van der Waals surface area contributed by atoms with Crippen LogP contribution in [0, 0.1) is 0 Å². The molecular weight excluding hydrogens is 254 g/mol. The SMILES string of the molecule is CCc1cc(C(=O)NCC(Cl)COC)n(CC)n1. The summed E-state index contributed by atoms with van der Waals surface area (Å²) in [5.74, 6) is -0.147. The summed E-state index contributed by atoms with van der Waals surface area (Å²) in [4.78, 5) is 12.0. The number of nitrogens with zero attached hydrogens (tertiary/aromatic N) is 2. The number of nitrogens with one attached hydrogen (secondary N) is 1. The summed E-state index contributed by atoms with van der Waals surface area (Å²) in [6.07, 6.45) is 0.815. The Morgan fingerprint density at radius 2 is 2.33 bits per heavy atom. The van der Waals surface area contributed by atoms with E-state index in [9.17, 15) is 4.79 Å². The van der Waals surface area contributed by atoms with E-state index in [2.05, 4.69) is 10.4 Å². The van der Waals surface area contributed by atoms with E-state index in [1.807, 2.05) is 19.9 Å². The van der Waals surface area contributed by atoms with E-state index in [4.69, 9.17) is 16.3 Å². The van der Waals surface area contributed by atoms with Gasteiger partial charge >= 0.3 is 0 Å². The number of carbonyl (C=O) groups excluding carboxylic acids is 1. The molecule has 0 aliphatic rings. The van der Waals surface area contributed by atoms with Crippen molar-refractivity contribution >= 4 is 17.5 Å². The molecular formula is C12H20ClN3O2. The van der Waals surface area contributed by atoms with E-state index < -0.39 is 0 Å². The van der Waals surface area contributed by atoms with Crippen LogP contribution in [0.1, 0.15) is 30.0 Å². The summed E-state index contributed by atoms with van der Waals surface area (Å²) >= 11 is 5.96. The van der Waals surface area contributed by atoms with Crippen molar-refractivity contribution in [1.82, 2.24) is 15.1 Å². The minimum atomic E-state index is -0.220. The van der Waals surface area contributed by atoms with Crippen LogP contribution in [0.5, 0.6) is 0 Å². The smallest absolute Gasteiger partial charge is 0.269 e. The Morgan fingerprint density at radius 1 is 1.61 bits per heavy atom. The molecule has 5 nitrogen and oxygen atoms in total. The van der Waals surface area contributed by atoms with Crippen molar-refractivity contribution < 1.29 is 9.53 Å². The lowest BCUT2D eigenvalue weighted by Gasteiger charge is -2.10. The van der Waals surface area contributed by atoms with Gasteiger partial charge in [0.1, 0.15) is 5.69 Å². The van der Waals surface area contributed by atoms with Crippen LogP contribution < -0.4 is 5.32 Å². The van der Waals surface area contributed by atoms with Crippen molar-refractivity contribution in [2.75, 3.05) is 20.3 Å². The standard InChI is InChI=1S/C12H20ClN3O2/c1-4-10-6-11(16(5-2)15-10)12(17)14-7-9(13)8-18-3/h6,9H,4-5,7-8H2,1-3H3,(H,14,17). The highest BCUT2D eigenvalue weighted by atomic mass is 35.5. The molecule has 1 aromatic rings. The molecule has 0 aliphatic heterocycles. The summed E-state index contributed by atoms with van der Waals surface area (Å²) in [6.45, 7) is 5.43. The average molecular weight is 274 g/mol. The number of amides is 1. The Hall–Kier alpha value is -1.07. The third kappa shape index (κ3) is 3.99. The van der Waals surface area contributed by atoms with Crippen LogP contribution in [0.25, 0.3) is 0 Å². The van der Waals surface area contributed by atoms with Crippen molar-refractivity contribution in [2.45, 2.75) is 32.2 Å². The Balaban J connectivity index is 2.63. The molecule has 1 rings (SSSR count). The van der Waals surface area contributed by atoms with E-state index in [-0.39, 0.29) is 11.3 Å². The maximum atomic E-state index is 12.0. The number of aryl methyl sites for hydroxylation is 2. The normalized spacial score (nSPS) is 12.4. The predicted octanol–water partition coefficient (Wildman–Crippen LogP) is 1.45. The molecule has 1 unspecified atom stereocenters. The molecule has 0 fully saturated rings. The molecule has 0 saturated carbocycles. The molecule has 1 atom stereocenters. The summed E-state index contributed by atoms with van der Waals surface area (Å²) in [5.41, 5.74) is 1.50. The summed E-state index contributed by atoms with van der Waals surface area (Å²) < 4.78 is 6.61. The number of rotatable bonds is 7. The molecule has 102 valence electrons. The van der Waals surface area contributed by atoms with Gasteiger partial charge in [-0.2, -0.15) is 5.10 Å². The van der Waals surface area contributed by atoms with Crippen LogP contribution in [-0.4, -0.2) is 41.3 Å². The van der Waals surface area contributed by atoms with Gasteiger partial charge in [0.25, 0.3) is 5.91 Å². The van der Waals surface area contributed by atoms with Gasteiger partial charge in [0, 0.05) is 20.2 Å². The van der Waals surface area contributed by atoms with Gasteiger partial charge in [0.2, 0.25) is 0 Å². The number of methoxy groups -OCH3 is 1. The van der Waals surface area contributed by atoms with Gasteiger partial charge < -0.3 is 10.1 Å². The molecule has 1 heterocycles. The Bertz CT molecular complexity index is 393. The molecule has 1 N–H and O–H groups in total. The van der Waals surface area contributed by atoms with E-state index >= 15 is 0 Å². The first kappa shape index (κ1) is 15.0. The number of alkyl halides is 1. The lowest BCUT2D eigenvalue weighted by molar-refractivity contribution is 0.0938. The fourth-order valence-corrected chi connectivity index (χ4v) is 1.80. The quantitative estimate of drug-likeness (QED) is 0.765. The molecule has 0 radical (unpaired) electrons. The molecule has 0 aliphatic carbocycles. The van der Waals surface area contributed by atoms with Crippen molar-refractivity contribution in [2.24, 2.45) is 0 Å². The highest BCUT2D eigenvalue weighted by molar-refractivity contribution is 6.21. The van der Waals surface area contributed by atoms with Gasteiger partial charge in [-0.3, -0.25) is 9.48 Å². The molecule has 6 heteroatoms. The van der Waals surface area contributed by atoms with Gasteiger partial charge in [-0.05, 0) is 19.4 Å². The van der Waals surface area contributed by atoms with Crippen LogP contribution in [0.2, 0.25) is 0 Å². The minimum Gasteiger partial charge on any atom is -0.383 e. The van der Waals surface area contributed by atoms with Gasteiger partial charge in [-0.15, -0.1) is 11.6 Å². The van der Waals surface area contributed by atoms with Gasteiger partial charge in [0.15, 0.2) is 0 Å². The van der Waals surface area contributed by atoms with Crippen molar-refractivity contribution in [3.8, 4) is 0 Å². The zero-order valence-corrected chi connectivity index (χ0v) is 11.8. The molecule has 18 heavy (non-hydrogen) atoms. The summed E-state index contributed by atoms with van der Waals surface area (Å²) in [5, 5.41) is 6.89. The number of hydrogen-bond acceptors (Lipinski definition) is 3. The Labute approximate surface area is 112 Å². The number of ether oxygens (including phenoxy) is 1. The van der Waals surface area contributed by atoms with Crippen LogP contribution >= 0.6 is 11.6 Å². The fourth-order valence-electron chi connectivity index (χ4n) is 1.60. The third-order valence-corrected chi connectivity index (χ3v) is 2.84. The van der Waals surface area contributed by atoms with Gasteiger partial charge in [0.05, 0.1) is 17.7 Å². The monoisotopic (exact) mass is 273 g/mol. The predicted molar refractivity (Wildman–Crippen MR) is 71.1 cm³/mol. The van der Waals surface area contributed by atoms with Crippen LogP contribution in [0.3, 0.4) is 0 Å². The molecule has 1 amide bonds. The fraction of sp³-hybridized carbons (Fsp3) is 0.667. The van der Waals surface area contributed by atoms with Crippen molar-refractivity contribution in [3.63, 3.8) is 0 Å². The molecule has 1 aromatic heterocycles. The van der Waals surface area contributed by atoms with Crippen molar-refractivity contribution in [1.29, 1.82) is 0 Å².